The van der Waals surface area contributed by atoms with Gasteiger partial charge in [-0.3, -0.25) is 28.4 Å². The number of benzene rings is 1. The summed E-state index contributed by atoms with van der Waals surface area (Å²) < 4.78 is 39.2. The zero-order chi connectivity index (χ0) is 24.3. The molecule has 1 fully saturated rings. The Bertz CT molecular complexity index is 1160. The molecule has 0 aliphatic carbocycles. The Hall–Kier alpha value is -3.41. The number of carbonyl (C=O) groups is 2. The number of nitrogens with zero attached hydrogens (tertiary/aromatic N) is 3. The van der Waals surface area contributed by atoms with E-state index in [1.807, 2.05) is 5.32 Å². The van der Waals surface area contributed by atoms with E-state index in [1.54, 1.807) is 30.3 Å². The van der Waals surface area contributed by atoms with Crippen molar-refractivity contribution in [1.29, 1.82) is 0 Å². The molecule has 1 unspecified atom stereocenters. The molecule has 0 saturated carbocycles. The van der Waals surface area contributed by atoms with Crippen LogP contribution in [0.4, 0.5) is 19.0 Å². The number of halogens is 3. The summed E-state index contributed by atoms with van der Waals surface area (Å²) in [5.74, 6) is -1.85. The van der Waals surface area contributed by atoms with Gasteiger partial charge in [0.05, 0.1) is 19.1 Å². The number of anilines is 1. The van der Waals surface area contributed by atoms with Crippen LogP contribution in [-0.4, -0.2) is 57.6 Å². The number of hydrogen-bond donors (Lipinski definition) is 2. The van der Waals surface area contributed by atoms with Gasteiger partial charge in [-0.1, -0.05) is 30.3 Å². The summed E-state index contributed by atoms with van der Waals surface area (Å²) in [4.78, 5) is 52.0. The van der Waals surface area contributed by atoms with Crippen molar-refractivity contribution in [2.45, 2.75) is 31.6 Å². The van der Waals surface area contributed by atoms with Crippen molar-refractivity contribution < 1.29 is 22.8 Å². The summed E-state index contributed by atoms with van der Waals surface area (Å²) in [5.41, 5.74) is 4.84. The van der Waals surface area contributed by atoms with Gasteiger partial charge in [0.25, 0.3) is 5.56 Å². The molecule has 0 spiro atoms. The monoisotopic (exact) mass is 467 g/mol. The first kappa shape index (κ1) is 24.2. The number of Topliss-reactive ketones (excluding diaryl/α,β-unsaturated/α-hetero) is 1. The lowest BCUT2D eigenvalue weighted by Gasteiger charge is -2.23. The molecule has 1 saturated heterocycles. The topological polar surface area (TPSA) is 119 Å². The molecule has 3 rings (SSSR count). The van der Waals surface area contributed by atoms with Crippen LogP contribution in [0.2, 0.25) is 0 Å². The van der Waals surface area contributed by atoms with E-state index in [-0.39, 0.29) is 18.8 Å². The van der Waals surface area contributed by atoms with Gasteiger partial charge in [0.2, 0.25) is 5.91 Å². The first-order valence-electron chi connectivity index (χ1n) is 10.2. The number of amides is 1. The fourth-order valence-corrected chi connectivity index (χ4v) is 3.85. The normalized spacial score (nSPS) is 16.7. The van der Waals surface area contributed by atoms with Crippen LogP contribution in [0.25, 0.3) is 0 Å². The second-order valence-corrected chi connectivity index (χ2v) is 7.86. The Morgan fingerprint density at radius 2 is 1.85 bits per heavy atom. The fraction of sp³-hybridized carbons (Fsp3) is 0.429. The summed E-state index contributed by atoms with van der Waals surface area (Å²) in [6.07, 6.45) is -3.78. The first-order chi connectivity index (χ1) is 15.5. The molecule has 33 heavy (non-hydrogen) atoms. The highest BCUT2D eigenvalue weighted by atomic mass is 19.4. The Kier molecular flexibility index (Phi) is 7.06. The van der Waals surface area contributed by atoms with Gasteiger partial charge >= 0.3 is 11.9 Å². The molecule has 1 aliphatic heterocycles. The summed E-state index contributed by atoms with van der Waals surface area (Å²) in [7, 11) is 1.23. The minimum Gasteiger partial charge on any atom is -0.384 e. The molecular weight excluding hydrogens is 443 g/mol. The second kappa shape index (κ2) is 9.61. The smallest absolute Gasteiger partial charge is 0.384 e. The van der Waals surface area contributed by atoms with E-state index in [9.17, 15) is 32.3 Å². The van der Waals surface area contributed by atoms with Crippen molar-refractivity contribution in [3.8, 4) is 0 Å². The number of rotatable bonds is 7. The average Bonchev–Trinajstić information content (AvgIpc) is 3.22. The highest BCUT2D eigenvalue weighted by molar-refractivity contribution is 6.01. The highest BCUT2D eigenvalue weighted by Gasteiger charge is 2.35. The van der Waals surface area contributed by atoms with E-state index in [1.165, 1.54) is 11.9 Å². The molecule has 12 heteroatoms. The van der Waals surface area contributed by atoms with Gasteiger partial charge in [-0.15, -0.1) is 0 Å². The molecule has 9 nitrogen and oxygen atoms in total. The van der Waals surface area contributed by atoms with E-state index in [4.69, 9.17) is 5.73 Å². The van der Waals surface area contributed by atoms with Crippen molar-refractivity contribution in [3.63, 3.8) is 0 Å². The maximum absolute atomic E-state index is 13.0. The van der Waals surface area contributed by atoms with Gasteiger partial charge in [-0.25, -0.2) is 4.79 Å². The molecule has 1 aliphatic rings. The minimum atomic E-state index is -4.55. The van der Waals surface area contributed by atoms with Gasteiger partial charge in [0.15, 0.2) is 5.78 Å². The lowest BCUT2D eigenvalue weighted by atomic mass is 10.1. The third-order valence-corrected chi connectivity index (χ3v) is 5.52. The number of hydrogen-bond acceptors (Lipinski definition) is 6. The number of carbonyl (C=O) groups excluding carboxylic acids is 2. The SMILES string of the molecule is Cn1c(=O)c(C(=O)CN2CCCC2C(=O)NCC(F)(F)F)c(N)n(Cc2ccccc2)c1=O. The maximum atomic E-state index is 13.0. The standard InChI is InChI=1S/C21H24F3N5O4/c1-27-19(32)16(17(25)29(20(27)33)10-13-6-3-2-4-7-13)15(30)11-28-9-5-8-14(28)18(31)26-12-21(22,23)24/h2-4,6-7,14H,5,8-12,25H2,1H3,(H,26,31). The van der Waals surface area contributed by atoms with Crippen LogP contribution in [-0.2, 0) is 18.4 Å². The van der Waals surface area contributed by atoms with Gasteiger partial charge in [0, 0.05) is 7.05 Å². The molecule has 1 aromatic carbocycles. The molecule has 1 amide bonds. The lowest BCUT2D eigenvalue weighted by molar-refractivity contribution is -0.140. The van der Waals surface area contributed by atoms with Crippen LogP contribution in [0, 0.1) is 0 Å². The van der Waals surface area contributed by atoms with Gasteiger partial charge < -0.3 is 11.1 Å². The number of ketones is 1. The molecule has 2 aromatic rings. The van der Waals surface area contributed by atoms with Crippen molar-refractivity contribution in [1.82, 2.24) is 19.4 Å². The van der Waals surface area contributed by atoms with Crippen LogP contribution in [0.15, 0.2) is 39.9 Å². The summed E-state index contributed by atoms with van der Waals surface area (Å²) in [6, 6.07) is 7.91. The van der Waals surface area contributed by atoms with E-state index in [0.717, 1.165) is 14.7 Å². The van der Waals surface area contributed by atoms with E-state index < -0.39 is 53.8 Å². The Balaban J connectivity index is 1.85. The van der Waals surface area contributed by atoms with Crippen LogP contribution in [0.5, 0.6) is 0 Å². The zero-order valence-corrected chi connectivity index (χ0v) is 17.9. The van der Waals surface area contributed by atoms with Gasteiger partial charge in [-0.05, 0) is 24.9 Å². The molecule has 1 aromatic heterocycles. The van der Waals surface area contributed by atoms with Crippen LogP contribution in [0.1, 0.15) is 28.8 Å². The molecule has 2 heterocycles. The molecule has 3 N–H and O–H groups in total. The van der Waals surface area contributed by atoms with E-state index in [2.05, 4.69) is 0 Å². The van der Waals surface area contributed by atoms with Crippen molar-refractivity contribution >= 4 is 17.5 Å². The Labute approximate surface area is 186 Å². The molecule has 1 atom stereocenters. The summed E-state index contributed by atoms with van der Waals surface area (Å²) >= 11 is 0. The number of nitrogen functional groups attached to an aromatic ring is 1. The van der Waals surface area contributed by atoms with Crippen molar-refractivity contribution in [3.05, 3.63) is 62.3 Å². The quantitative estimate of drug-likeness (QED) is 0.573. The average molecular weight is 467 g/mol. The predicted octanol–water partition coefficient (Wildman–Crippen LogP) is 0.503. The summed E-state index contributed by atoms with van der Waals surface area (Å²) in [5, 5.41) is 1.83. The van der Waals surface area contributed by atoms with Crippen LogP contribution < -0.4 is 22.3 Å². The molecule has 178 valence electrons. The minimum absolute atomic E-state index is 0.0338. The lowest BCUT2D eigenvalue weighted by Crippen LogP contribution is -2.48. The Morgan fingerprint density at radius 3 is 2.48 bits per heavy atom. The fourth-order valence-electron chi connectivity index (χ4n) is 3.85. The number of nitrogens with two attached hydrogens (primary N) is 1. The molecule has 0 radical (unpaired) electrons. The van der Waals surface area contributed by atoms with Gasteiger partial charge in [0.1, 0.15) is 17.9 Å². The van der Waals surface area contributed by atoms with E-state index in [0.29, 0.717) is 13.0 Å². The predicted molar refractivity (Wildman–Crippen MR) is 114 cm³/mol. The largest absolute Gasteiger partial charge is 0.405 e. The molecule has 0 bridgehead atoms. The van der Waals surface area contributed by atoms with Crippen molar-refractivity contribution in [2.75, 3.05) is 25.4 Å². The maximum Gasteiger partial charge on any atom is 0.405 e. The van der Waals surface area contributed by atoms with Crippen molar-refractivity contribution in [2.24, 2.45) is 7.05 Å². The third kappa shape index (κ3) is 5.51. The number of nitrogens with one attached hydrogen (secondary N) is 1. The van der Waals surface area contributed by atoms with E-state index >= 15 is 0 Å². The first-order valence-corrected chi connectivity index (χ1v) is 10.2. The Morgan fingerprint density at radius 1 is 1.18 bits per heavy atom. The highest BCUT2D eigenvalue weighted by Crippen LogP contribution is 2.20. The third-order valence-electron chi connectivity index (χ3n) is 5.52. The number of alkyl halides is 3. The van der Waals surface area contributed by atoms with Crippen LogP contribution in [0.3, 0.4) is 0 Å². The van der Waals surface area contributed by atoms with Gasteiger partial charge in [-0.2, -0.15) is 13.2 Å². The summed E-state index contributed by atoms with van der Waals surface area (Å²) in [6.45, 7) is -1.54. The second-order valence-electron chi connectivity index (χ2n) is 7.86. The van der Waals surface area contributed by atoms with Crippen LogP contribution >= 0.6 is 0 Å². The number of aromatic nitrogens is 2. The molecular formula is C21H24F3N5O4. The zero-order valence-electron chi connectivity index (χ0n) is 17.9. The number of likely N-dealkylation sites (tertiary alicyclic amines) is 1.